The Bertz CT molecular complexity index is 1050. The van der Waals surface area contributed by atoms with Crippen LogP contribution in [0.15, 0.2) is 46.9 Å². The molecule has 190 valence electrons. The number of urea groups is 1. The van der Waals surface area contributed by atoms with Crippen molar-refractivity contribution in [2.45, 2.75) is 76.9 Å². The monoisotopic (exact) mass is 547 g/mol. The number of halogens is 3. The van der Waals surface area contributed by atoms with E-state index in [1.165, 1.54) is 11.6 Å². The van der Waals surface area contributed by atoms with Gasteiger partial charge in [0.15, 0.2) is 11.6 Å². The topological polar surface area (TPSA) is 35.6 Å². The second-order valence-electron chi connectivity index (χ2n) is 10.7. The van der Waals surface area contributed by atoms with Crippen molar-refractivity contribution in [2.24, 2.45) is 5.92 Å². The fourth-order valence-corrected chi connectivity index (χ4v) is 6.40. The molecule has 3 atom stereocenters. The van der Waals surface area contributed by atoms with Crippen LogP contribution in [0.25, 0.3) is 0 Å². The van der Waals surface area contributed by atoms with Gasteiger partial charge in [0.25, 0.3) is 0 Å². The molecule has 35 heavy (non-hydrogen) atoms. The van der Waals surface area contributed by atoms with Crippen LogP contribution in [-0.2, 0) is 5.41 Å². The molecule has 4 rings (SSSR count). The maximum absolute atomic E-state index is 13.8. The van der Waals surface area contributed by atoms with Crippen LogP contribution in [0.1, 0.15) is 58.9 Å². The van der Waals surface area contributed by atoms with Gasteiger partial charge in [-0.1, -0.05) is 28.1 Å². The summed E-state index contributed by atoms with van der Waals surface area (Å²) in [5.41, 5.74) is 1.89. The summed E-state index contributed by atoms with van der Waals surface area (Å²) in [7, 11) is 0. The molecule has 0 bridgehead atoms. The molecule has 2 aliphatic carbocycles. The Morgan fingerprint density at radius 2 is 1.83 bits per heavy atom. The number of hydrogen-bond acceptors (Lipinski definition) is 2. The third-order valence-electron chi connectivity index (χ3n) is 7.91. The van der Waals surface area contributed by atoms with Gasteiger partial charge in [-0.15, -0.1) is 0 Å². The zero-order valence-corrected chi connectivity index (χ0v) is 22.6. The Morgan fingerprint density at radius 3 is 2.46 bits per heavy atom. The van der Waals surface area contributed by atoms with Crippen LogP contribution in [0.4, 0.5) is 19.3 Å². The molecule has 1 N–H and O–H groups in total. The third kappa shape index (κ3) is 5.72. The van der Waals surface area contributed by atoms with Gasteiger partial charge < -0.3 is 10.2 Å². The molecule has 2 aromatic carbocycles. The van der Waals surface area contributed by atoms with E-state index < -0.39 is 11.6 Å². The molecular weight excluding hydrogens is 512 g/mol. The maximum atomic E-state index is 13.8. The Balaban J connectivity index is 1.50. The van der Waals surface area contributed by atoms with E-state index in [0.717, 1.165) is 48.8 Å². The zero-order valence-electron chi connectivity index (χ0n) is 21.0. The maximum Gasteiger partial charge on any atom is 0.322 e. The highest BCUT2D eigenvalue weighted by atomic mass is 79.9. The molecule has 0 aliphatic heterocycles. The van der Waals surface area contributed by atoms with Gasteiger partial charge in [-0.2, -0.15) is 0 Å². The SMILES string of the molecule is CC(C)N(CCN(C(=O)Nc1ccc(F)c(F)c1)[C@@H]1CC[C@]2(c3cccc(Br)c3)CC2C1)C(C)C. The van der Waals surface area contributed by atoms with Crippen molar-refractivity contribution in [1.82, 2.24) is 9.80 Å². The van der Waals surface area contributed by atoms with Crippen molar-refractivity contribution in [3.8, 4) is 0 Å². The summed E-state index contributed by atoms with van der Waals surface area (Å²) in [5.74, 6) is -1.33. The Hall–Kier alpha value is -1.99. The van der Waals surface area contributed by atoms with Crippen LogP contribution in [0.5, 0.6) is 0 Å². The van der Waals surface area contributed by atoms with Crippen molar-refractivity contribution in [3.63, 3.8) is 0 Å². The molecule has 0 aromatic heterocycles. The van der Waals surface area contributed by atoms with Crippen LogP contribution in [0.3, 0.4) is 0 Å². The molecule has 4 nitrogen and oxygen atoms in total. The molecular formula is C28H36BrF2N3O. The van der Waals surface area contributed by atoms with Crippen LogP contribution >= 0.6 is 15.9 Å². The number of hydrogen-bond donors (Lipinski definition) is 1. The van der Waals surface area contributed by atoms with E-state index in [9.17, 15) is 13.6 Å². The molecule has 0 saturated heterocycles. The fraction of sp³-hybridized carbons (Fsp3) is 0.536. The molecule has 0 heterocycles. The number of carbonyl (C=O) groups is 1. The molecule has 1 unspecified atom stereocenters. The van der Waals surface area contributed by atoms with E-state index >= 15 is 0 Å². The predicted octanol–water partition coefficient (Wildman–Crippen LogP) is 7.19. The van der Waals surface area contributed by atoms with Gasteiger partial charge in [0.1, 0.15) is 0 Å². The lowest BCUT2D eigenvalue weighted by Crippen LogP contribution is -2.50. The highest BCUT2D eigenvalue weighted by molar-refractivity contribution is 9.10. The van der Waals surface area contributed by atoms with Crippen LogP contribution < -0.4 is 5.32 Å². The summed E-state index contributed by atoms with van der Waals surface area (Å²) < 4.78 is 28.2. The highest BCUT2D eigenvalue weighted by Gasteiger charge is 2.58. The van der Waals surface area contributed by atoms with Gasteiger partial charge in [0.05, 0.1) is 0 Å². The largest absolute Gasteiger partial charge is 0.322 e. The summed E-state index contributed by atoms with van der Waals surface area (Å²) in [6.45, 7) is 10.0. The van der Waals surface area contributed by atoms with Gasteiger partial charge in [0, 0.05) is 47.4 Å². The average Bonchev–Trinajstić information content (AvgIpc) is 3.54. The van der Waals surface area contributed by atoms with E-state index in [1.807, 2.05) is 4.90 Å². The standard InChI is InChI=1S/C28H36BrF2N3O/c1-18(2)33(19(3)4)12-13-34(27(35)32-23-8-9-25(30)26(31)16-23)24-10-11-28(17-21(28)15-24)20-6-5-7-22(29)14-20/h5-9,14,16,18-19,21,24H,10-13,15,17H2,1-4H3,(H,32,35)/t21?,24-,28-/m1/s1. The van der Waals surface area contributed by atoms with Crippen molar-refractivity contribution in [3.05, 3.63) is 64.1 Å². The van der Waals surface area contributed by atoms with E-state index in [0.29, 0.717) is 24.5 Å². The Labute approximate surface area is 216 Å². The van der Waals surface area contributed by atoms with Crippen LogP contribution in [-0.4, -0.2) is 47.0 Å². The molecule has 2 fully saturated rings. The highest BCUT2D eigenvalue weighted by Crippen LogP contribution is 2.63. The number of rotatable bonds is 8. The van der Waals surface area contributed by atoms with Gasteiger partial charge in [-0.3, -0.25) is 4.90 Å². The normalized spacial score (nSPS) is 23.5. The lowest BCUT2D eigenvalue weighted by Gasteiger charge is -2.39. The van der Waals surface area contributed by atoms with E-state index in [4.69, 9.17) is 0 Å². The minimum absolute atomic E-state index is 0.120. The lowest BCUT2D eigenvalue weighted by atomic mass is 9.80. The molecule has 0 radical (unpaired) electrons. The molecule has 2 aromatic rings. The molecule has 2 saturated carbocycles. The Morgan fingerprint density at radius 1 is 1.09 bits per heavy atom. The lowest BCUT2D eigenvalue weighted by molar-refractivity contribution is 0.120. The summed E-state index contributed by atoms with van der Waals surface area (Å²) in [5, 5.41) is 2.82. The van der Waals surface area contributed by atoms with E-state index in [2.05, 4.69) is 78.1 Å². The number of nitrogens with zero attached hydrogens (tertiary/aromatic N) is 2. The first-order valence-corrected chi connectivity index (χ1v) is 13.4. The number of amides is 2. The Kier molecular flexibility index (Phi) is 7.86. The molecule has 0 spiro atoms. The van der Waals surface area contributed by atoms with Crippen LogP contribution in [0.2, 0.25) is 0 Å². The van der Waals surface area contributed by atoms with Gasteiger partial charge in [0.2, 0.25) is 0 Å². The van der Waals surface area contributed by atoms with E-state index in [-0.39, 0.29) is 23.2 Å². The quantitative estimate of drug-likeness (QED) is 0.379. The van der Waals surface area contributed by atoms with Gasteiger partial charge >= 0.3 is 6.03 Å². The second kappa shape index (κ2) is 10.6. The minimum atomic E-state index is -0.963. The number of fused-ring (bicyclic) bond motifs is 1. The smallest absolute Gasteiger partial charge is 0.320 e. The predicted molar refractivity (Wildman–Crippen MR) is 141 cm³/mol. The number of benzene rings is 2. The molecule has 2 aliphatic rings. The van der Waals surface area contributed by atoms with Gasteiger partial charge in [-0.25, -0.2) is 13.6 Å². The van der Waals surface area contributed by atoms with Crippen molar-refractivity contribution in [2.75, 3.05) is 18.4 Å². The first-order valence-electron chi connectivity index (χ1n) is 12.6. The summed E-state index contributed by atoms with van der Waals surface area (Å²) in [6.07, 6.45) is 4.09. The summed E-state index contributed by atoms with van der Waals surface area (Å²) in [4.78, 5) is 17.8. The van der Waals surface area contributed by atoms with Gasteiger partial charge in [-0.05, 0) is 94.5 Å². The number of nitrogens with one attached hydrogen (secondary N) is 1. The third-order valence-corrected chi connectivity index (χ3v) is 8.40. The number of carbonyl (C=O) groups excluding carboxylic acids is 1. The molecule has 2 amide bonds. The van der Waals surface area contributed by atoms with Crippen molar-refractivity contribution < 1.29 is 13.6 Å². The zero-order chi connectivity index (χ0) is 25.3. The number of anilines is 1. The van der Waals surface area contributed by atoms with Crippen molar-refractivity contribution in [1.29, 1.82) is 0 Å². The van der Waals surface area contributed by atoms with Crippen molar-refractivity contribution >= 4 is 27.6 Å². The summed E-state index contributed by atoms with van der Waals surface area (Å²) in [6, 6.07) is 12.7. The molecule has 7 heteroatoms. The minimum Gasteiger partial charge on any atom is -0.320 e. The van der Waals surface area contributed by atoms with E-state index in [1.54, 1.807) is 0 Å². The fourth-order valence-electron chi connectivity index (χ4n) is 6.00. The van der Waals surface area contributed by atoms with Crippen LogP contribution in [0, 0.1) is 17.6 Å². The first-order chi connectivity index (χ1) is 16.6. The summed E-state index contributed by atoms with van der Waals surface area (Å²) >= 11 is 3.61. The first kappa shape index (κ1) is 26.1. The average molecular weight is 549 g/mol. The second-order valence-corrected chi connectivity index (χ2v) is 11.6.